The Kier molecular flexibility index (Phi) is 3.62. The van der Waals surface area contributed by atoms with Crippen LogP contribution in [-0.2, 0) is 0 Å². The first kappa shape index (κ1) is 6.27. The van der Waals surface area contributed by atoms with Crippen LogP contribution in [0.3, 0.4) is 0 Å². The van der Waals surface area contributed by atoms with E-state index in [1.54, 1.807) is 0 Å². The quantitative estimate of drug-likeness (QED) is 0.575. The fourth-order valence-corrected chi connectivity index (χ4v) is 0.756. The molecule has 0 aromatic carbocycles. The fourth-order valence-electron chi connectivity index (χ4n) is 0.113. The Labute approximate surface area is 52.2 Å². The Morgan fingerprint density at radius 3 is 2.00 bits per heavy atom. The second-order valence-corrected chi connectivity index (χ2v) is 1.96. The van der Waals surface area contributed by atoms with Crippen molar-refractivity contribution in [3.8, 4) is 0 Å². The molecular formula is C4H8IN. The first-order chi connectivity index (χ1) is 2.77. The molecule has 0 aromatic heterocycles. The van der Waals surface area contributed by atoms with E-state index in [0.717, 1.165) is 0 Å². The number of rotatable bonds is 1. The predicted molar refractivity (Wildman–Crippen MR) is 36.8 cm³/mol. The Morgan fingerprint density at radius 2 is 2.00 bits per heavy atom. The molecule has 0 N–H and O–H groups in total. The SMILES string of the molecule is CN(C)C=CI. The molecule has 0 rings (SSSR count). The number of hydrogen-bond donors (Lipinski definition) is 0. The molecule has 0 spiro atoms. The zero-order valence-electron chi connectivity index (χ0n) is 3.98. The Morgan fingerprint density at radius 1 is 1.50 bits per heavy atom. The smallest absolute Gasteiger partial charge is 0.00557 e. The van der Waals surface area contributed by atoms with Crippen LogP contribution in [0, 0.1) is 0 Å². The Hall–Kier alpha value is 0.270. The monoisotopic (exact) mass is 197 g/mol. The lowest BCUT2D eigenvalue weighted by Gasteiger charge is -1.99. The molecular weight excluding hydrogens is 189 g/mol. The van der Waals surface area contributed by atoms with Gasteiger partial charge in [0.2, 0.25) is 0 Å². The Balaban J connectivity index is 3.03. The van der Waals surface area contributed by atoms with Crippen molar-refractivity contribution in [2.75, 3.05) is 14.1 Å². The van der Waals surface area contributed by atoms with Crippen LogP contribution in [0.25, 0.3) is 0 Å². The van der Waals surface area contributed by atoms with Gasteiger partial charge in [0.15, 0.2) is 0 Å². The normalized spacial score (nSPS) is 9.83. The van der Waals surface area contributed by atoms with E-state index in [9.17, 15) is 0 Å². The molecule has 0 aliphatic heterocycles. The van der Waals surface area contributed by atoms with Gasteiger partial charge in [-0.05, 0) is 4.08 Å². The lowest BCUT2D eigenvalue weighted by atomic mass is 10.9. The van der Waals surface area contributed by atoms with Crippen molar-refractivity contribution in [3.63, 3.8) is 0 Å². The van der Waals surface area contributed by atoms with Crippen LogP contribution in [0.5, 0.6) is 0 Å². The molecule has 0 fully saturated rings. The summed E-state index contributed by atoms with van der Waals surface area (Å²) in [5.41, 5.74) is 0. The van der Waals surface area contributed by atoms with Crippen molar-refractivity contribution < 1.29 is 0 Å². The highest BCUT2D eigenvalue weighted by molar-refractivity contribution is 14.1. The molecule has 0 radical (unpaired) electrons. The van der Waals surface area contributed by atoms with Gasteiger partial charge >= 0.3 is 0 Å². The maximum atomic E-state index is 2.18. The summed E-state index contributed by atoms with van der Waals surface area (Å²) in [6, 6.07) is 0. The molecule has 0 unspecified atom stereocenters. The maximum absolute atomic E-state index is 2.18. The van der Waals surface area contributed by atoms with E-state index in [0.29, 0.717) is 0 Å². The third-order valence-corrected chi connectivity index (χ3v) is 0.676. The third kappa shape index (κ3) is 4.27. The van der Waals surface area contributed by atoms with Gasteiger partial charge in [-0.1, -0.05) is 22.6 Å². The van der Waals surface area contributed by atoms with Gasteiger partial charge in [-0.25, -0.2) is 0 Å². The first-order valence-corrected chi connectivity index (χ1v) is 2.95. The van der Waals surface area contributed by atoms with Gasteiger partial charge in [-0.2, -0.15) is 0 Å². The van der Waals surface area contributed by atoms with Crippen molar-refractivity contribution >= 4 is 22.6 Å². The van der Waals surface area contributed by atoms with Crippen LogP contribution in [0.1, 0.15) is 0 Å². The number of nitrogens with zero attached hydrogens (tertiary/aromatic N) is 1. The zero-order chi connectivity index (χ0) is 4.99. The molecule has 36 valence electrons. The van der Waals surface area contributed by atoms with Gasteiger partial charge in [-0.3, -0.25) is 0 Å². The zero-order valence-corrected chi connectivity index (χ0v) is 6.14. The van der Waals surface area contributed by atoms with E-state index >= 15 is 0 Å². The summed E-state index contributed by atoms with van der Waals surface area (Å²) in [6.45, 7) is 0. The summed E-state index contributed by atoms with van der Waals surface area (Å²) < 4.78 is 1.97. The number of hydrogen-bond acceptors (Lipinski definition) is 1. The molecule has 0 aliphatic rings. The molecule has 0 saturated heterocycles. The van der Waals surface area contributed by atoms with Crippen molar-refractivity contribution in [1.82, 2.24) is 4.90 Å². The predicted octanol–water partition coefficient (Wildman–Crippen LogP) is 1.45. The lowest BCUT2D eigenvalue weighted by molar-refractivity contribution is 0.565. The average molecular weight is 197 g/mol. The molecule has 0 aromatic rings. The van der Waals surface area contributed by atoms with E-state index in [4.69, 9.17) is 0 Å². The van der Waals surface area contributed by atoms with Gasteiger partial charge in [0, 0.05) is 20.3 Å². The minimum absolute atomic E-state index is 1.97. The maximum Gasteiger partial charge on any atom is 0.00557 e. The minimum Gasteiger partial charge on any atom is -0.383 e. The molecule has 0 saturated carbocycles. The summed E-state index contributed by atoms with van der Waals surface area (Å²) in [5.74, 6) is 0. The number of halogens is 1. The lowest BCUT2D eigenvalue weighted by Crippen LogP contribution is -1.98. The fraction of sp³-hybridized carbons (Fsp3) is 0.500. The van der Waals surface area contributed by atoms with E-state index in [-0.39, 0.29) is 0 Å². The molecule has 0 bridgehead atoms. The van der Waals surface area contributed by atoms with Crippen LogP contribution in [0.15, 0.2) is 10.3 Å². The highest BCUT2D eigenvalue weighted by Crippen LogP contribution is 1.83. The summed E-state index contributed by atoms with van der Waals surface area (Å²) in [5, 5.41) is 0. The van der Waals surface area contributed by atoms with Crippen LogP contribution < -0.4 is 0 Å². The molecule has 0 heterocycles. The summed E-state index contributed by atoms with van der Waals surface area (Å²) in [6.07, 6.45) is 1.99. The largest absolute Gasteiger partial charge is 0.383 e. The van der Waals surface area contributed by atoms with Crippen LogP contribution >= 0.6 is 22.6 Å². The van der Waals surface area contributed by atoms with E-state index in [1.807, 2.05) is 29.3 Å². The second-order valence-electron chi connectivity index (χ2n) is 1.24. The summed E-state index contributed by atoms with van der Waals surface area (Å²) in [4.78, 5) is 1.99. The van der Waals surface area contributed by atoms with E-state index in [1.165, 1.54) is 0 Å². The van der Waals surface area contributed by atoms with Crippen LogP contribution in [-0.4, -0.2) is 19.0 Å². The van der Waals surface area contributed by atoms with Gasteiger partial charge in [0.05, 0.1) is 0 Å². The highest BCUT2D eigenvalue weighted by atomic mass is 127. The molecule has 0 aliphatic carbocycles. The third-order valence-electron chi connectivity index (χ3n) is 0.354. The summed E-state index contributed by atoms with van der Waals surface area (Å²) >= 11 is 2.18. The van der Waals surface area contributed by atoms with Crippen molar-refractivity contribution in [1.29, 1.82) is 0 Å². The van der Waals surface area contributed by atoms with E-state index in [2.05, 4.69) is 22.6 Å². The van der Waals surface area contributed by atoms with E-state index < -0.39 is 0 Å². The molecule has 0 amide bonds. The Bertz CT molecular complexity index is 49.5. The van der Waals surface area contributed by atoms with Crippen LogP contribution in [0.2, 0.25) is 0 Å². The molecule has 2 heteroatoms. The van der Waals surface area contributed by atoms with Gasteiger partial charge < -0.3 is 4.90 Å². The van der Waals surface area contributed by atoms with Gasteiger partial charge in [0.1, 0.15) is 0 Å². The highest BCUT2D eigenvalue weighted by Gasteiger charge is 1.66. The van der Waals surface area contributed by atoms with Gasteiger partial charge in [0.25, 0.3) is 0 Å². The molecule has 0 atom stereocenters. The van der Waals surface area contributed by atoms with Crippen molar-refractivity contribution in [2.24, 2.45) is 0 Å². The molecule has 6 heavy (non-hydrogen) atoms. The first-order valence-electron chi connectivity index (χ1n) is 1.70. The van der Waals surface area contributed by atoms with Crippen molar-refractivity contribution in [2.45, 2.75) is 0 Å². The average Bonchev–Trinajstić information content (AvgIpc) is 1.35. The molecule has 1 nitrogen and oxygen atoms in total. The van der Waals surface area contributed by atoms with Crippen LogP contribution in [0.4, 0.5) is 0 Å². The standard InChI is InChI=1S/C4H8IN/c1-6(2)4-3-5/h3-4H,1-2H3. The minimum atomic E-state index is 1.97. The second kappa shape index (κ2) is 3.46. The summed E-state index contributed by atoms with van der Waals surface area (Å²) in [7, 11) is 3.99. The van der Waals surface area contributed by atoms with Gasteiger partial charge in [-0.15, -0.1) is 0 Å². The topological polar surface area (TPSA) is 3.24 Å². The van der Waals surface area contributed by atoms with Crippen molar-refractivity contribution in [3.05, 3.63) is 10.3 Å².